The van der Waals surface area contributed by atoms with Gasteiger partial charge in [-0.05, 0) is 75.5 Å². The third-order valence-corrected chi connectivity index (χ3v) is 6.42. The van der Waals surface area contributed by atoms with Gasteiger partial charge in [0.15, 0.2) is 0 Å². The maximum Gasteiger partial charge on any atom is 0.239 e. The van der Waals surface area contributed by atoms with Gasteiger partial charge in [0.05, 0.1) is 6.54 Å². The predicted octanol–water partition coefficient (Wildman–Crippen LogP) is 4.78. The van der Waals surface area contributed by atoms with E-state index in [1.165, 1.54) is 35.2 Å². The Morgan fingerprint density at radius 1 is 1.23 bits per heavy atom. The second kappa shape index (κ2) is 21.2. The molecular formula is C27H45FN3O3P. The quantitative estimate of drug-likeness (QED) is 0.314. The van der Waals surface area contributed by atoms with Crippen LogP contribution in [0.3, 0.4) is 0 Å². The number of allylic oxidation sites excluding steroid dienone is 3. The molecule has 0 spiro atoms. The zero-order valence-electron chi connectivity index (χ0n) is 22.2. The number of nitrogens with one attached hydrogen (secondary N) is 1. The average Bonchev–Trinajstić information content (AvgIpc) is 2.86. The number of nitrogens with zero attached hydrogens (tertiary/aromatic N) is 1. The molecule has 2 amide bonds. The number of aryl methyl sites for hydroxylation is 1. The van der Waals surface area contributed by atoms with Crippen molar-refractivity contribution in [3.63, 3.8) is 0 Å². The highest BCUT2D eigenvalue weighted by Gasteiger charge is 2.12. The summed E-state index contributed by atoms with van der Waals surface area (Å²) in [5, 5.41) is 2.92. The lowest BCUT2D eigenvalue weighted by molar-refractivity contribution is -0.134. The maximum atomic E-state index is 12.2. The van der Waals surface area contributed by atoms with E-state index >= 15 is 0 Å². The zero-order valence-corrected chi connectivity index (χ0v) is 23.2. The normalized spacial score (nSPS) is 12.9. The van der Waals surface area contributed by atoms with E-state index < -0.39 is 0 Å². The van der Waals surface area contributed by atoms with Crippen molar-refractivity contribution in [3.8, 4) is 0 Å². The molecule has 0 radical (unpaired) electrons. The number of nitrogens with two attached hydrogens (primary N) is 1. The van der Waals surface area contributed by atoms with Gasteiger partial charge in [-0.25, -0.2) is 4.39 Å². The van der Waals surface area contributed by atoms with Crippen LogP contribution < -0.4 is 11.1 Å². The third-order valence-electron chi connectivity index (χ3n) is 5.19. The summed E-state index contributed by atoms with van der Waals surface area (Å²) in [6.45, 7) is 5.52. The molecule has 1 aliphatic heterocycles. The Morgan fingerprint density at radius 3 is 2.57 bits per heavy atom. The fourth-order valence-corrected chi connectivity index (χ4v) is 4.45. The Kier molecular flexibility index (Phi) is 20.0. The van der Waals surface area contributed by atoms with Crippen LogP contribution in [-0.2, 0) is 14.3 Å². The van der Waals surface area contributed by atoms with Crippen molar-refractivity contribution < 1.29 is 18.7 Å². The third kappa shape index (κ3) is 17.1. The minimum absolute atomic E-state index is 0.0125. The van der Waals surface area contributed by atoms with E-state index in [0.717, 1.165) is 52.4 Å². The van der Waals surface area contributed by atoms with Crippen LogP contribution in [0.4, 0.5) is 4.39 Å². The lowest BCUT2D eigenvalue weighted by Crippen LogP contribution is -2.38. The highest BCUT2D eigenvalue weighted by molar-refractivity contribution is 7.42. The first-order valence-electron chi connectivity index (χ1n) is 12.3. The number of methoxy groups -OCH3 is 1. The van der Waals surface area contributed by atoms with Gasteiger partial charge >= 0.3 is 0 Å². The van der Waals surface area contributed by atoms with Gasteiger partial charge in [-0.2, -0.15) is 0 Å². The Bertz CT molecular complexity index is 782. The summed E-state index contributed by atoms with van der Waals surface area (Å²) in [4.78, 5) is 25.4. The van der Waals surface area contributed by atoms with Crippen molar-refractivity contribution in [1.82, 2.24) is 10.2 Å². The molecule has 1 heterocycles. The van der Waals surface area contributed by atoms with Crippen LogP contribution in [0.1, 0.15) is 51.0 Å². The summed E-state index contributed by atoms with van der Waals surface area (Å²) in [5.74, 6) is 2.11. The molecular weight excluding hydrogens is 464 g/mol. The van der Waals surface area contributed by atoms with Crippen LogP contribution in [0.5, 0.6) is 0 Å². The Hall–Kier alpha value is -2.08. The fraction of sp³-hybridized carbons (Fsp3) is 0.556. The molecule has 8 heteroatoms. The van der Waals surface area contributed by atoms with E-state index in [1.807, 2.05) is 13.0 Å². The number of carbonyl (C=O) groups excluding carboxylic acids is 2. The summed E-state index contributed by atoms with van der Waals surface area (Å²) in [7, 11) is 5.74. The molecule has 35 heavy (non-hydrogen) atoms. The van der Waals surface area contributed by atoms with Gasteiger partial charge in [0, 0.05) is 33.7 Å². The standard InChI is InChI=1S/C19H33N2O3P.C7H7F.CH5N/c1-4-16-12-17(15-25-14-16)8-7-10-20-18(22)13-21(2)19(23)9-5-6-11-24-3;1-6-3-2-4-7(8)5-6;1-2/h12,14,25H,4-11,13,15H2,1-3H3,(H,20,22);2-5H,1H3;2H2,1H3. The molecule has 1 unspecified atom stereocenters. The SMILES string of the molecule is CCC1=CPCC(CCCNC(=O)CN(C)C(=O)CCCCOC)=C1.CN.Cc1cccc(F)c1. The second-order valence-corrected chi connectivity index (χ2v) is 9.26. The summed E-state index contributed by atoms with van der Waals surface area (Å²) in [6.07, 6.45) is 8.70. The Labute approximate surface area is 213 Å². The smallest absolute Gasteiger partial charge is 0.239 e. The number of likely N-dealkylation sites (N-methyl/N-ethyl adjacent to an activating group) is 1. The zero-order chi connectivity index (χ0) is 26.5. The number of hydrogen-bond acceptors (Lipinski definition) is 4. The number of halogens is 1. The maximum absolute atomic E-state index is 12.2. The van der Waals surface area contributed by atoms with Gasteiger partial charge in [-0.15, -0.1) is 0 Å². The average molecular weight is 510 g/mol. The van der Waals surface area contributed by atoms with Crippen molar-refractivity contribution >= 4 is 20.4 Å². The summed E-state index contributed by atoms with van der Waals surface area (Å²) in [6, 6.07) is 6.50. The first-order chi connectivity index (χ1) is 16.8. The van der Waals surface area contributed by atoms with Crippen molar-refractivity contribution in [1.29, 1.82) is 0 Å². The molecule has 0 saturated carbocycles. The monoisotopic (exact) mass is 509 g/mol. The first-order valence-corrected chi connectivity index (χ1v) is 13.6. The lowest BCUT2D eigenvalue weighted by atomic mass is 10.1. The van der Waals surface area contributed by atoms with Crippen LogP contribution in [0.25, 0.3) is 0 Å². The van der Waals surface area contributed by atoms with E-state index in [4.69, 9.17) is 4.74 Å². The van der Waals surface area contributed by atoms with Crippen molar-refractivity contribution in [3.05, 3.63) is 58.7 Å². The molecule has 0 bridgehead atoms. The van der Waals surface area contributed by atoms with Crippen LogP contribution in [0.15, 0.2) is 47.3 Å². The number of carbonyl (C=O) groups is 2. The highest BCUT2D eigenvalue weighted by Crippen LogP contribution is 2.29. The van der Waals surface area contributed by atoms with Gasteiger partial charge in [-0.1, -0.05) is 45.1 Å². The molecule has 198 valence electrons. The molecule has 1 aliphatic rings. The predicted molar refractivity (Wildman–Crippen MR) is 146 cm³/mol. The van der Waals surface area contributed by atoms with Crippen molar-refractivity contribution in [2.24, 2.45) is 5.73 Å². The van der Waals surface area contributed by atoms with Gasteiger partial charge in [0.2, 0.25) is 11.8 Å². The highest BCUT2D eigenvalue weighted by atomic mass is 31.1. The molecule has 2 rings (SSSR count). The van der Waals surface area contributed by atoms with Crippen LogP contribution >= 0.6 is 8.58 Å². The Morgan fingerprint density at radius 2 is 1.97 bits per heavy atom. The molecule has 0 aromatic heterocycles. The molecule has 6 nitrogen and oxygen atoms in total. The van der Waals surface area contributed by atoms with Gasteiger partial charge in [0.25, 0.3) is 0 Å². The molecule has 0 aliphatic carbocycles. The molecule has 0 saturated heterocycles. The lowest BCUT2D eigenvalue weighted by Gasteiger charge is -2.17. The van der Waals surface area contributed by atoms with E-state index in [1.54, 1.807) is 20.2 Å². The minimum atomic E-state index is -0.162. The topological polar surface area (TPSA) is 84.7 Å². The fourth-order valence-electron chi connectivity index (χ4n) is 3.25. The van der Waals surface area contributed by atoms with Gasteiger partial charge in [-0.3, -0.25) is 9.59 Å². The summed E-state index contributed by atoms with van der Waals surface area (Å²) in [5.41, 5.74) is 8.40. The van der Waals surface area contributed by atoms with Crippen LogP contribution in [0.2, 0.25) is 0 Å². The van der Waals surface area contributed by atoms with Crippen LogP contribution in [-0.4, -0.2) is 63.8 Å². The largest absolute Gasteiger partial charge is 0.385 e. The minimum Gasteiger partial charge on any atom is -0.385 e. The van der Waals surface area contributed by atoms with Gasteiger partial charge < -0.3 is 20.7 Å². The molecule has 3 N–H and O–H groups in total. The summed E-state index contributed by atoms with van der Waals surface area (Å²) < 4.78 is 17.1. The number of benzene rings is 1. The van der Waals surface area contributed by atoms with E-state index in [-0.39, 0.29) is 24.2 Å². The number of ether oxygens (including phenoxy) is 1. The van der Waals surface area contributed by atoms with E-state index in [2.05, 4.69) is 29.9 Å². The van der Waals surface area contributed by atoms with Crippen molar-refractivity contribution in [2.45, 2.75) is 52.4 Å². The molecule has 1 aromatic rings. The number of rotatable bonds is 12. The van der Waals surface area contributed by atoms with Crippen LogP contribution in [0, 0.1) is 12.7 Å². The number of hydrogen-bond donors (Lipinski definition) is 2. The molecule has 0 fully saturated rings. The number of unbranched alkanes of at least 4 members (excludes halogenated alkanes) is 1. The van der Waals surface area contributed by atoms with E-state index in [0.29, 0.717) is 19.6 Å². The molecule has 1 aromatic carbocycles. The van der Waals surface area contributed by atoms with Gasteiger partial charge in [0.1, 0.15) is 5.82 Å². The van der Waals surface area contributed by atoms with Crippen molar-refractivity contribution in [2.75, 3.05) is 47.1 Å². The summed E-state index contributed by atoms with van der Waals surface area (Å²) >= 11 is 0. The van der Waals surface area contributed by atoms with E-state index in [9.17, 15) is 14.0 Å². The molecule has 1 atom stereocenters. The Balaban J connectivity index is 0.000000961. The second-order valence-electron chi connectivity index (χ2n) is 8.21. The number of amides is 2. The first kappa shape index (κ1) is 32.9.